The zero-order chi connectivity index (χ0) is 26.8. The van der Waals surface area contributed by atoms with Gasteiger partial charge in [-0.1, -0.05) is 12.1 Å². The molecule has 0 saturated carbocycles. The molecule has 37 heavy (non-hydrogen) atoms. The molecule has 1 amide bonds. The van der Waals surface area contributed by atoms with E-state index >= 15 is 0 Å². The Bertz CT molecular complexity index is 1080. The number of nitrogens with one attached hydrogen (secondary N) is 1. The van der Waals surface area contributed by atoms with Crippen molar-refractivity contribution in [2.75, 3.05) is 27.1 Å². The predicted octanol–water partition coefficient (Wildman–Crippen LogP) is 2.83. The van der Waals surface area contributed by atoms with E-state index in [0.717, 1.165) is 5.56 Å². The van der Waals surface area contributed by atoms with Crippen molar-refractivity contribution < 1.29 is 42.5 Å². The Hall–Kier alpha value is -3.73. The zero-order valence-electron chi connectivity index (χ0n) is 21.0. The Labute approximate surface area is 214 Å². The Kier molecular flexibility index (Phi) is 10.2. The first kappa shape index (κ1) is 27.9. The lowest BCUT2D eigenvalue weighted by atomic mass is 9.91. The van der Waals surface area contributed by atoms with Gasteiger partial charge in [-0.05, 0) is 49.8 Å². The van der Waals surface area contributed by atoms with Crippen molar-refractivity contribution in [2.24, 2.45) is 5.92 Å². The van der Waals surface area contributed by atoms with Crippen LogP contribution in [0.1, 0.15) is 42.7 Å². The predicted molar refractivity (Wildman–Crippen MR) is 129 cm³/mol. The summed E-state index contributed by atoms with van der Waals surface area (Å²) in [5.74, 6) is -1.91. The Morgan fingerprint density at radius 2 is 1.97 bits per heavy atom. The molecule has 1 saturated heterocycles. The number of halogens is 1. The molecule has 1 fully saturated rings. The molecule has 3 rings (SSSR count). The largest absolute Gasteiger partial charge is 0.493 e. The number of carbonyl (C=O) groups is 3. The van der Waals surface area contributed by atoms with Crippen LogP contribution in [0.2, 0.25) is 0 Å². The average molecular weight is 519 g/mol. The summed E-state index contributed by atoms with van der Waals surface area (Å²) < 4.78 is 40.0. The molecule has 1 aromatic carbocycles. The second kappa shape index (κ2) is 13.5. The van der Waals surface area contributed by atoms with Crippen LogP contribution in [-0.2, 0) is 30.2 Å². The van der Waals surface area contributed by atoms with Crippen LogP contribution < -0.4 is 14.8 Å². The van der Waals surface area contributed by atoms with Crippen molar-refractivity contribution in [1.82, 2.24) is 10.3 Å². The van der Waals surface area contributed by atoms with E-state index in [2.05, 4.69) is 10.3 Å². The van der Waals surface area contributed by atoms with Gasteiger partial charge in [0.2, 0.25) is 6.79 Å². The number of benzene rings is 1. The number of nitrogens with zero attached hydrogens (tertiary/aromatic N) is 1. The molecule has 2 heterocycles. The third kappa shape index (κ3) is 8.42. The van der Waals surface area contributed by atoms with Gasteiger partial charge in [-0.3, -0.25) is 9.59 Å². The lowest BCUT2D eigenvalue weighted by Gasteiger charge is -2.26. The average Bonchev–Trinajstić information content (AvgIpc) is 2.86. The molecule has 0 bridgehead atoms. The minimum atomic E-state index is -1.09. The summed E-state index contributed by atoms with van der Waals surface area (Å²) in [7, 11) is 1.38. The van der Waals surface area contributed by atoms with Crippen LogP contribution >= 0.6 is 0 Å². The van der Waals surface area contributed by atoms with E-state index in [1.54, 1.807) is 19.1 Å². The fourth-order valence-corrected chi connectivity index (χ4v) is 3.97. The van der Waals surface area contributed by atoms with Crippen LogP contribution in [0.25, 0.3) is 0 Å². The summed E-state index contributed by atoms with van der Waals surface area (Å²) in [6.45, 7) is 2.82. The minimum absolute atomic E-state index is 0.0464. The van der Waals surface area contributed by atoms with Gasteiger partial charge in [-0.15, -0.1) is 0 Å². The summed E-state index contributed by atoms with van der Waals surface area (Å²) >= 11 is 0. The highest BCUT2D eigenvalue weighted by atomic mass is 19.1. The molecule has 1 aromatic heterocycles. The fraction of sp³-hybridized carbons (Fsp3) is 0.462. The van der Waals surface area contributed by atoms with Crippen molar-refractivity contribution in [3.8, 4) is 11.5 Å². The number of amides is 1. The minimum Gasteiger partial charge on any atom is -0.493 e. The second-order valence-corrected chi connectivity index (χ2v) is 8.66. The molecule has 1 unspecified atom stereocenters. The van der Waals surface area contributed by atoms with Crippen molar-refractivity contribution in [3.05, 3.63) is 53.6 Å². The SMILES string of the molecule is COc1ccnc(C(=O)N[C@H]2COCC[C@H](Cc3ccc(F)cc3)CC(C)OC2=O)c1OCOC(C)=O. The number of carbonyl (C=O) groups excluding carboxylic acids is 3. The van der Waals surface area contributed by atoms with Gasteiger partial charge >= 0.3 is 11.9 Å². The van der Waals surface area contributed by atoms with E-state index in [0.29, 0.717) is 25.9 Å². The number of cyclic esters (lactones) is 1. The lowest BCUT2D eigenvalue weighted by molar-refractivity contribution is -0.154. The van der Waals surface area contributed by atoms with Gasteiger partial charge in [0.05, 0.1) is 19.8 Å². The first-order valence-electron chi connectivity index (χ1n) is 11.9. The summed E-state index contributed by atoms with van der Waals surface area (Å²) in [5.41, 5.74) is 0.827. The number of esters is 2. The number of hydrogen-bond donors (Lipinski definition) is 1. The van der Waals surface area contributed by atoms with E-state index in [-0.39, 0.29) is 35.5 Å². The van der Waals surface area contributed by atoms with Crippen LogP contribution in [0, 0.1) is 11.7 Å². The summed E-state index contributed by atoms with van der Waals surface area (Å²) in [6, 6.07) is 6.73. The van der Waals surface area contributed by atoms with Gasteiger partial charge in [0, 0.05) is 25.8 Å². The van der Waals surface area contributed by atoms with Crippen LogP contribution in [0.15, 0.2) is 36.5 Å². The number of aromatic nitrogens is 1. The molecule has 0 spiro atoms. The summed E-state index contributed by atoms with van der Waals surface area (Å²) in [6.07, 6.45) is 2.92. The molecule has 0 radical (unpaired) electrons. The Balaban J connectivity index is 1.66. The third-order valence-electron chi connectivity index (χ3n) is 5.73. The normalized spacial score (nSPS) is 20.3. The molecule has 1 aliphatic heterocycles. The molecular weight excluding hydrogens is 487 g/mol. The van der Waals surface area contributed by atoms with Crippen LogP contribution in [-0.4, -0.2) is 62.1 Å². The fourth-order valence-electron chi connectivity index (χ4n) is 3.97. The zero-order valence-corrected chi connectivity index (χ0v) is 21.0. The van der Waals surface area contributed by atoms with Crippen LogP contribution in [0.3, 0.4) is 0 Å². The summed E-state index contributed by atoms with van der Waals surface area (Å²) in [4.78, 5) is 41.0. The second-order valence-electron chi connectivity index (χ2n) is 8.66. The standard InChI is InChI=1S/C26H31FN2O8/c1-16-12-19(13-18-4-6-20(27)7-5-18)9-11-34-14-21(26(32)37-16)29-25(31)23-24(36-15-35-17(2)30)22(33-3)8-10-28-23/h4-8,10,16,19,21H,9,11-15H2,1-3H3,(H,29,31)/t16?,19-,21-/m0/s1. The molecule has 200 valence electrons. The van der Waals surface area contributed by atoms with Crippen LogP contribution in [0.4, 0.5) is 4.39 Å². The first-order chi connectivity index (χ1) is 17.8. The van der Waals surface area contributed by atoms with E-state index in [1.165, 1.54) is 38.4 Å². The van der Waals surface area contributed by atoms with Gasteiger partial charge in [0.1, 0.15) is 5.82 Å². The van der Waals surface area contributed by atoms with Crippen molar-refractivity contribution in [3.63, 3.8) is 0 Å². The highest BCUT2D eigenvalue weighted by molar-refractivity contribution is 5.98. The van der Waals surface area contributed by atoms with Crippen LogP contribution in [0.5, 0.6) is 11.5 Å². The third-order valence-corrected chi connectivity index (χ3v) is 5.73. The molecule has 11 heteroatoms. The Morgan fingerprint density at radius 3 is 2.68 bits per heavy atom. The molecule has 1 N–H and O–H groups in total. The lowest BCUT2D eigenvalue weighted by Crippen LogP contribution is -2.46. The molecule has 3 atom stereocenters. The maximum atomic E-state index is 13.2. The van der Waals surface area contributed by atoms with Gasteiger partial charge in [-0.2, -0.15) is 0 Å². The number of methoxy groups -OCH3 is 1. The molecule has 0 aliphatic carbocycles. The number of rotatable bonds is 8. The van der Waals surface area contributed by atoms with Gasteiger partial charge in [0.15, 0.2) is 23.2 Å². The smallest absolute Gasteiger partial charge is 0.331 e. The Morgan fingerprint density at radius 1 is 1.22 bits per heavy atom. The van der Waals surface area contributed by atoms with E-state index in [1.807, 2.05) is 0 Å². The highest BCUT2D eigenvalue weighted by Crippen LogP contribution is 2.29. The van der Waals surface area contributed by atoms with E-state index < -0.39 is 36.8 Å². The monoisotopic (exact) mass is 518 g/mol. The van der Waals surface area contributed by atoms with Gasteiger partial charge in [-0.25, -0.2) is 14.2 Å². The van der Waals surface area contributed by atoms with E-state index in [9.17, 15) is 18.8 Å². The van der Waals surface area contributed by atoms with E-state index in [4.69, 9.17) is 23.7 Å². The number of pyridine rings is 1. The number of ether oxygens (including phenoxy) is 5. The maximum absolute atomic E-state index is 13.2. The molecular formula is C26H31FN2O8. The van der Waals surface area contributed by atoms with Gasteiger partial charge in [0.25, 0.3) is 5.91 Å². The highest BCUT2D eigenvalue weighted by Gasteiger charge is 2.29. The maximum Gasteiger partial charge on any atom is 0.331 e. The van der Waals surface area contributed by atoms with Crippen molar-refractivity contribution >= 4 is 17.8 Å². The topological polar surface area (TPSA) is 122 Å². The first-order valence-corrected chi connectivity index (χ1v) is 11.9. The molecule has 2 aromatic rings. The number of hydrogen-bond acceptors (Lipinski definition) is 9. The molecule has 1 aliphatic rings. The molecule has 10 nitrogen and oxygen atoms in total. The summed E-state index contributed by atoms with van der Waals surface area (Å²) in [5, 5.41) is 2.59. The van der Waals surface area contributed by atoms with Crippen molar-refractivity contribution in [2.45, 2.75) is 45.3 Å². The quantitative estimate of drug-likeness (QED) is 0.415. The van der Waals surface area contributed by atoms with Crippen molar-refractivity contribution in [1.29, 1.82) is 0 Å². The van der Waals surface area contributed by atoms with Gasteiger partial charge < -0.3 is 29.0 Å².